The normalized spacial score (nSPS) is 12.5. The molecule has 0 bridgehead atoms. The summed E-state index contributed by atoms with van der Waals surface area (Å²) in [7, 11) is 0. The first-order valence-corrected chi connectivity index (χ1v) is 5.29. The minimum Gasteiger partial charge on any atom is -0.369 e. The molecule has 1 heterocycles. The molecule has 0 aliphatic heterocycles. The lowest BCUT2D eigenvalue weighted by Crippen LogP contribution is -2.07. The first-order chi connectivity index (χ1) is 6.70. The fourth-order valence-corrected chi connectivity index (χ4v) is 1.33. The number of anilines is 1. The highest BCUT2D eigenvalue weighted by molar-refractivity contribution is 6.20. The first-order valence-electron chi connectivity index (χ1n) is 4.85. The summed E-state index contributed by atoms with van der Waals surface area (Å²) in [6, 6.07) is 0. The van der Waals surface area contributed by atoms with E-state index in [0.717, 1.165) is 30.9 Å². The third-order valence-electron chi connectivity index (χ3n) is 1.95. The topological polar surface area (TPSA) is 37.8 Å². The molecule has 1 aromatic heterocycles. The minimum absolute atomic E-state index is 0.250. The van der Waals surface area contributed by atoms with Gasteiger partial charge in [-0.3, -0.25) is 4.98 Å². The molecule has 1 atom stereocenters. The lowest BCUT2D eigenvalue weighted by Gasteiger charge is -2.07. The van der Waals surface area contributed by atoms with E-state index in [1.54, 1.807) is 12.4 Å². The largest absolute Gasteiger partial charge is 0.369 e. The van der Waals surface area contributed by atoms with Crippen molar-refractivity contribution in [2.75, 3.05) is 11.9 Å². The lowest BCUT2D eigenvalue weighted by atomic mass is 10.2. The number of alkyl halides is 1. The molecule has 0 radical (unpaired) electrons. The van der Waals surface area contributed by atoms with E-state index in [4.69, 9.17) is 11.6 Å². The maximum atomic E-state index is 5.84. The minimum atomic E-state index is 0.250. The molecule has 78 valence electrons. The average molecular weight is 214 g/mol. The van der Waals surface area contributed by atoms with Crippen LogP contribution in [0.4, 0.5) is 5.82 Å². The first kappa shape index (κ1) is 11.2. The van der Waals surface area contributed by atoms with Crippen molar-refractivity contribution in [3.8, 4) is 0 Å². The van der Waals surface area contributed by atoms with Crippen LogP contribution < -0.4 is 5.32 Å². The lowest BCUT2D eigenvalue weighted by molar-refractivity contribution is 0.748. The van der Waals surface area contributed by atoms with Crippen LogP contribution in [0.5, 0.6) is 0 Å². The molecule has 3 nitrogen and oxygen atoms in total. The van der Waals surface area contributed by atoms with E-state index in [1.807, 2.05) is 13.8 Å². The fraction of sp³-hybridized carbons (Fsp3) is 0.600. The number of nitrogens with one attached hydrogen (secondary N) is 1. The van der Waals surface area contributed by atoms with Crippen molar-refractivity contribution in [1.82, 2.24) is 9.97 Å². The maximum Gasteiger partial charge on any atom is 0.147 e. The SMILES string of the molecule is Cc1nccnc1NCCCC(C)Cl. The van der Waals surface area contributed by atoms with E-state index in [9.17, 15) is 0 Å². The number of hydrogen-bond acceptors (Lipinski definition) is 3. The Bertz CT molecular complexity index is 276. The van der Waals surface area contributed by atoms with Crippen molar-refractivity contribution < 1.29 is 0 Å². The van der Waals surface area contributed by atoms with Gasteiger partial charge in [-0.15, -0.1) is 11.6 Å². The van der Waals surface area contributed by atoms with Crippen LogP contribution in [0.15, 0.2) is 12.4 Å². The Morgan fingerprint density at radius 3 is 2.79 bits per heavy atom. The molecule has 1 aromatic rings. The van der Waals surface area contributed by atoms with Gasteiger partial charge in [0.05, 0.1) is 5.69 Å². The zero-order chi connectivity index (χ0) is 10.4. The second kappa shape index (κ2) is 5.81. The van der Waals surface area contributed by atoms with Gasteiger partial charge in [0.25, 0.3) is 0 Å². The van der Waals surface area contributed by atoms with Gasteiger partial charge in [-0.2, -0.15) is 0 Å². The Morgan fingerprint density at radius 2 is 2.14 bits per heavy atom. The monoisotopic (exact) mass is 213 g/mol. The van der Waals surface area contributed by atoms with E-state index in [-0.39, 0.29) is 5.38 Å². The quantitative estimate of drug-likeness (QED) is 0.604. The number of rotatable bonds is 5. The Morgan fingerprint density at radius 1 is 1.43 bits per heavy atom. The number of halogens is 1. The van der Waals surface area contributed by atoms with Gasteiger partial charge in [0.2, 0.25) is 0 Å². The second-order valence-corrected chi connectivity index (χ2v) is 4.09. The summed E-state index contributed by atoms with van der Waals surface area (Å²) in [4.78, 5) is 8.33. The maximum absolute atomic E-state index is 5.84. The van der Waals surface area contributed by atoms with Gasteiger partial charge < -0.3 is 5.32 Å². The average Bonchev–Trinajstić information content (AvgIpc) is 2.15. The van der Waals surface area contributed by atoms with Gasteiger partial charge in [0, 0.05) is 24.3 Å². The van der Waals surface area contributed by atoms with Gasteiger partial charge in [-0.05, 0) is 26.7 Å². The number of aryl methyl sites for hydroxylation is 1. The molecule has 0 saturated heterocycles. The van der Waals surface area contributed by atoms with Gasteiger partial charge in [-0.1, -0.05) is 0 Å². The number of hydrogen-bond donors (Lipinski definition) is 1. The Labute approximate surface area is 89.9 Å². The molecular formula is C10H16ClN3. The van der Waals surface area contributed by atoms with Crippen LogP contribution in [-0.4, -0.2) is 21.9 Å². The molecule has 14 heavy (non-hydrogen) atoms. The van der Waals surface area contributed by atoms with Gasteiger partial charge >= 0.3 is 0 Å². The molecular weight excluding hydrogens is 198 g/mol. The molecule has 4 heteroatoms. The Balaban J connectivity index is 2.28. The van der Waals surface area contributed by atoms with Crippen molar-refractivity contribution in [3.05, 3.63) is 18.1 Å². The molecule has 0 fully saturated rings. The third-order valence-corrected chi connectivity index (χ3v) is 2.17. The highest BCUT2D eigenvalue weighted by Crippen LogP contribution is 2.07. The van der Waals surface area contributed by atoms with Crippen LogP contribution in [0.3, 0.4) is 0 Å². The highest BCUT2D eigenvalue weighted by atomic mass is 35.5. The molecule has 1 unspecified atom stereocenters. The summed E-state index contributed by atoms with van der Waals surface area (Å²) in [5.74, 6) is 0.870. The Hall–Kier alpha value is -0.830. The zero-order valence-corrected chi connectivity index (χ0v) is 9.38. The smallest absolute Gasteiger partial charge is 0.147 e. The third kappa shape index (κ3) is 3.92. The number of nitrogens with zero attached hydrogens (tertiary/aromatic N) is 2. The predicted octanol–water partition coefficient (Wildman–Crippen LogP) is 2.60. The molecule has 1 N–H and O–H groups in total. The fourth-order valence-electron chi connectivity index (χ4n) is 1.17. The summed E-state index contributed by atoms with van der Waals surface area (Å²) in [6.07, 6.45) is 5.47. The molecule has 1 rings (SSSR count). The molecule has 0 saturated carbocycles. The number of aromatic nitrogens is 2. The molecule has 0 aromatic carbocycles. The van der Waals surface area contributed by atoms with E-state index < -0.39 is 0 Å². The van der Waals surface area contributed by atoms with Crippen LogP contribution in [0, 0.1) is 6.92 Å². The van der Waals surface area contributed by atoms with Crippen molar-refractivity contribution in [3.63, 3.8) is 0 Å². The van der Waals surface area contributed by atoms with Gasteiger partial charge in [0.1, 0.15) is 5.82 Å². The van der Waals surface area contributed by atoms with Crippen LogP contribution in [0.2, 0.25) is 0 Å². The highest BCUT2D eigenvalue weighted by Gasteiger charge is 1.99. The summed E-state index contributed by atoms with van der Waals surface area (Å²) in [6.45, 7) is 4.85. The zero-order valence-electron chi connectivity index (χ0n) is 8.63. The predicted molar refractivity (Wildman–Crippen MR) is 59.8 cm³/mol. The van der Waals surface area contributed by atoms with E-state index in [0.29, 0.717) is 0 Å². The van der Waals surface area contributed by atoms with Crippen LogP contribution in [0.1, 0.15) is 25.5 Å². The van der Waals surface area contributed by atoms with E-state index in [2.05, 4.69) is 15.3 Å². The van der Waals surface area contributed by atoms with Gasteiger partial charge in [0.15, 0.2) is 0 Å². The summed E-state index contributed by atoms with van der Waals surface area (Å²) in [5, 5.41) is 3.49. The molecule has 0 amide bonds. The van der Waals surface area contributed by atoms with Crippen molar-refractivity contribution in [2.24, 2.45) is 0 Å². The van der Waals surface area contributed by atoms with Crippen molar-refractivity contribution in [2.45, 2.75) is 32.1 Å². The van der Waals surface area contributed by atoms with Crippen molar-refractivity contribution >= 4 is 17.4 Å². The van der Waals surface area contributed by atoms with Crippen LogP contribution >= 0.6 is 11.6 Å². The standard InChI is InChI=1S/C10H16ClN3/c1-8(11)4-3-5-13-10-9(2)12-6-7-14-10/h6-8H,3-5H2,1-2H3,(H,13,14). The Kier molecular flexibility index (Phi) is 4.66. The van der Waals surface area contributed by atoms with Gasteiger partial charge in [-0.25, -0.2) is 4.98 Å². The van der Waals surface area contributed by atoms with Crippen molar-refractivity contribution in [1.29, 1.82) is 0 Å². The van der Waals surface area contributed by atoms with E-state index in [1.165, 1.54) is 0 Å². The summed E-state index contributed by atoms with van der Waals surface area (Å²) >= 11 is 5.84. The summed E-state index contributed by atoms with van der Waals surface area (Å²) in [5.41, 5.74) is 0.937. The summed E-state index contributed by atoms with van der Waals surface area (Å²) < 4.78 is 0. The molecule has 0 aliphatic rings. The van der Waals surface area contributed by atoms with E-state index >= 15 is 0 Å². The van der Waals surface area contributed by atoms with Crippen LogP contribution in [-0.2, 0) is 0 Å². The molecule has 0 spiro atoms. The van der Waals surface area contributed by atoms with Crippen LogP contribution in [0.25, 0.3) is 0 Å². The molecule has 0 aliphatic carbocycles. The second-order valence-electron chi connectivity index (χ2n) is 3.34.